The molecule has 230 valence electrons. The molecule has 6 rings (SSSR count). The van der Waals surface area contributed by atoms with Crippen LogP contribution < -0.4 is 10.1 Å². The molecule has 8 heteroatoms. The zero-order valence-electron chi connectivity index (χ0n) is 25.1. The number of halogens is 1. The molecule has 0 aliphatic heterocycles. The van der Waals surface area contributed by atoms with Gasteiger partial charge in [0.1, 0.15) is 18.2 Å². The van der Waals surface area contributed by atoms with Crippen molar-refractivity contribution >= 4 is 34.7 Å². The number of amides is 1. The van der Waals surface area contributed by atoms with Crippen molar-refractivity contribution in [2.75, 3.05) is 7.11 Å². The quantitative estimate of drug-likeness (QED) is 0.273. The summed E-state index contributed by atoms with van der Waals surface area (Å²) in [5.41, 5.74) is 1.73. The molecule has 3 aromatic rings. The summed E-state index contributed by atoms with van der Waals surface area (Å²) >= 11 is 0. The van der Waals surface area contributed by atoms with Gasteiger partial charge < -0.3 is 19.9 Å². The van der Waals surface area contributed by atoms with E-state index in [1.54, 1.807) is 6.08 Å². The fourth-order valence-corrected chi connectivity index (χ4v) is 7.54. The summed E-state index contributed by atoms with van der Waals surface area (Å²) in [7, 11) is 1.38. The van der Waals surface area contributed by atoms with Crippen LogP contribution in [0.25, 0.3) is 16.8 Å². The molecule has 1 unspecified atom stereocenters. The van der Waals surface area contributed by atoms with E-state index in [1.165, 1.54) is 19.2 Å². The van der Waals surface area contributed by atoms with Crippen molar-refractivity contribution in [2.24, 2.45) is 23.2 Å². The van der Waals surface area contributed by atoms with Crippen LogP contribution in [-0.4, -0.2) is 36.1 Å². The average Bonchev–Trinajstić information content (AvgIpc) is 3.64. The van der Waals surface area contributed by atoms with Crippen LogP contribution in [0.15, 0.2) is 60.2 Å². The van der Waals surface area contributed by atoms with Gasteiger partial charge in [-0.3, -0.25) is 14.4 Å². The Labute approximate surface area is 256 Å². The standard InChI is InChI=1S/C36H38FNO6/c1-36(35(42)44-20-25-8-5-7-22-6-3-4-9-27(22)25)14-12-21(13-15-36)16-26-18-28(30(43-2)19-29(26)37)33(39)38-32-24-11-10-23(17-24)31(32)34(40)41/h3-9,16,18-19,23-24,31-32H,10-15,17,20H2,1-2H3,(H,38,39)(H,40,41)/t23-,24+,31?,32-,36?/m1/s1. The first-order valence-corrected chi connectivity index (χ1v) is 15.4. The lowest BCUT2D eigenvalue weighted by Gasteiger charge is -2.32. The highest BCUT2D eigenvalue weighted by Crippen LogP contribution is 2.49. The van der Waals surface area contributed by atoms with Crippen LogP contribution in [0.4, 0.5) is 4.39 Å². The van der Waals surface area contributed by atoms with Gasteiger partial charge in [0, 0.05) is 17.7 Å². The Bertz CT molecular complexity index is 1630. The van der Waals surface area contributed by atoms with E-state index < -0.39 is 35.1 Å². The van der Waals surface area contributed by atoms with Crippen LogP contribution >= 0.6 is 0 Å². The van der Waals surface area contributed by atoms with Gasteiger partial charge in [-0.05, 0) is 86.1 Å². The van der Waals surface area contributed by atoms with Crippen molar-refractivity contribution in [3.63, 3.8) is 0 Å². The molecule has 2 N–H and O–H groups in total. The second-order valence-electron chi connectivity index (χ2n) is 12.8. The Kier molecular flexibility index (Phi) is 8.18. The summed E-state index contributed by atoms with van der Waals surface area (Å²) in [4.78, 5) is 38.5. The number of rotatable bonds is 8. The molecule has 3 aromatic carbocycles. The molecule has 2 bridgehead atoms. The van der Waals surface area contributed by atoms with Gasteiger partial charge in [0.25, 0.3) is 5.91 Å². The fourth-order valence-electron chi connectivity index (χ4n) is 7.54. The summed E-state index contributed by atoms with van der Waals surface area (Å²) in [6, 6.07) is 16.2. The molecule has 0 radical (unpaired) electrons. The molecule has 3 aliphatic rings. The fraction of sp³-hybridized carbons (Fsp3) is 0.417. The zero-order valence-corrected chi connectivity index (χ0v) is 25.1. The molecule has 0 heterocycles. The minimum absolute atomic E-state index is 0.0747. The number of carbonyl (C=O) groups is 3. The Morgan fingerprint density at radius 2 is 1.77 bits per heavy atom. The number of fused-ring (bicyclic) bond motifs is 3. The first kappa shape index (κ1) is 29.9. The zero-order chi connectivity index (χ0) is 31.0. The van der Waals surface area contributed by atoms with Crippen molar-refractivity contribution in [3.05, 3.63) is 82.7 Å². The Morgan fingerprint density at radius 1 is 1.05 bits per heavy atom. The number of methoxy groups -OCH3 is 1. The highest BCUT2D eigenvalue weighted by molar-refractivity contribution is 5.98. The van der Waals surface area contributed by atoms with Crippen LogP contribution in [0.5, 0.6) is 5.75 Å². The first-order chi connectivity index (χ1) is 21.2. The number of aliphatic carboxylic acids is 1. The maximum atomic E-state index is 15.2. The lowest BCUT2D eigenvalue weighted by molar-refractivity contribution is -0.157. The van der Waals surface area contributed by atoms with Gasteiger partial charge in [-0.15, -0.1) is 0 Å². The topological polar surface area (TPSA) is 102 Å². The summed E-state index contributed by atoms with van der Waals surface area (Å²) in [5.74, 6) is -2.41. The van der Waals surface area contributed by atoms with Crippen LogP contribution in [0.3, 0.4) is 0 Å². The minimum atomic E-state index is -0.888. The number of hydrogen-bond acceptors (Lipinski definition) is 5. The van der Waals surface area contributed by atoms with Gasteiger partial charge in [-0.1, -0.05) is 54.1 Å². The number of nitrogens with one attached hydrogen (secondary N) is 1. The summed E-state index contributed by atoms with van der Waals surface area (Å²) in [6.07, 6.45) is 6.65. The number of esters is 1. The normalized spacial score (nSPS) is 25.9. The van der Waals surface area contributed by atoms with E-state index in [1.807, 2.05) is 49.4 Å². The molecule has 7 nitrogen and oxygen atoms in total. The summed E-state index contributed by atoms with van der Waals surface area (Å²) in [5, 5.41) is 14.9. The number of ether oxygens (including phenoxy) is 2. The van der Waals surface area contributed by atoms with E-state index in [2.05, 4.69) is 5.32 Å². The van der Waals surface area contributed by atoms with E-state index in [0.29, 0.717) is 25.7 Å². The lowest BCUT2D eigenvalue weighted by Crippen LogP contribution is -2.46. The van der Waals surface area contributed by atoms with Gasteiger partial charge >= 0.3 is 11.9 Å². The molecule has 0 spiro atoms. The van der Waals surface area contributed by atoms with Gasteiger partial charge in [0.2, 0.25) is 0 Å². The Hall–Kier alpha value is -4.20. The van der Waals surface area contributed by atoms with Gasteiger partial charge in [-0.25, -0.2) is 4.39 Å². The number of carboxylic acids is 1. The van der Waals surface area contributed by atoms with Crippen molar-refractivity contribution in [2.45, 2.75) is 64.5 Å². The van der Waals surface area contributed by atoms with Crippen molar-refractivity contribution in [1.82, 2.24) is 5.32 Å². The molecule has 3 saturated carbocycles. The molecular formula is C36H38FNO6. The number of hydrogen-bond donors (Lipinski definition) is 2. The van der Waals surface area contributed by atoms with E-state index in [4.69, 9.17) is 9.47 Å². The molecule has 3 aliphatic carbocycles. The molecule has 44 heavy (non-hydrogen) atoms. The third-order valence-electron chi connectivity index (χ3n) is 10.1. The number of benzene rings is 3. The molecule has 0 saturated heterocycles. The maximum absolute atomic E-state index is 15.2. The molecule has 0 aromatic heterocycles. The Balaban J connectivity index is 1.13. The molecule has 4 atom stereocenters. The maximum Gasteiger partial charge on any atom is 0.312 e. The van der Waals surface area contributed by atoms with E-state index in [0.717, 1.165) is 41.2 Å². The van der Waals surface area contributed by atoms with Crippen LogP contribution in [-0.2, 0) is 20.9 Å². The van der Waals surface area contributed by atoms with Crippen LogP contribution in [0.1, 0.15) is 73.4 Å². The predicted molar refractivity (Wildman–Crippen MR) is 164 cm³/mol. The SMILES string of the molecule is COc1cc(F)c(C=C2CCC(C)(C(=O)OCc3cccc4ccccc34)CC2)cc1C(=O)N[C@H]1C(C(=O)O)[C@@H]2CC[C@H]1C2. The number of carbonyl (C=O) groups excluding carboxylic acids is 2. The number of allylic oxidation sites excluding steroid dienone is 1. The smallest absolute Gasteiger partial charge is 0.312 e. The van der Waals surface area contributed by atoms with E-state index in [9.17, 15) is 19.5 Å². The predicted octanol–water partition coefficient (Wildman–Crippen LogP) is 6.92. The first-order valence-electron chi connectivity index (χ1n) is 15.4. The summed E-state index contributed by atoms with van der Waals surface area (Å²) < 4.78 is 26.3. The second-order valence-corrected chi connectivity index (χ2v) is 12.8. The lowest BCUT2D eigenvalue weighted by atomic mass is 9.73. The Morgan fingerprint density at radius 3 is 2.52 bits per heavy atom. The van der Waals surface area contributed by atoms with Crippen molar-refractivity contribution in [1.29, 1.82) is 0 Å². The average molecular weight is 600 g/mol. The third-order valence-corrected chi connectivity index (χ3v) is 10.1. The van der Waals surface area contributed by atoms with Gasteiger partial charge in [0.15, 0.2) is 0 Å². The monoisotopic (exact) mass is 599 g/mol. The highest BCUT2D eigenvalue weighted by Gasteiger charge is 2.51. The van der Waals surface area contributed by atoms with Gasteiger partial charge in [-0.2, -0.15) is 0 Å². The van der Waals surface area contributed by atoms with E-state index >= 15 is 4.39 Å². The van der Waals surface area contributed by atoms with Gasteiger partial charge in [0.05, 0.1) is 24.0 Å². The summed E-state index contributed by atoms with van der Waals surface area (Å²) in [6.45, 7) is 2.13. The number of carboxylic acid groups (broad SMARTS) is 1. The molecule has 3 fully saturated rings. The molecule has 1 amide bonds. The van der Waals surface area contributed by atoms with Crippen molar-refractivity contribution in [3.8, 4) is 5.75 Å². The minimum Gasteiger partial charge on any atom is -0.496 e. The molecular weight excluding hydrogens is 561 g/mol. The third kappa shape index (κ3) is 5.70. The van der Waals surface area contributed by atoms with E-state index in [-0.39, 0.29) is 41.3 Å². The highest BCUT2D eigenvalue weighted by atomic mass is 19.1. The van der Waals surface area contributed by atoms with Crippen LogP contribution in [0, 0.1) is 29.0 Å². The van der Waals surface area contributed by atoms with Crippen molar-refractivity contribution < 1.29 is 33.4 Å². The second kappa shape index (κ2) is 12.1. The largest absolute Gasteiger partial charge is 0.496 e. The van der Waals surface area contributed by atoms with Crippen LogP contribution in [0.2, 0.25) is 0 Å².